The summed E-state index contributed by atoms with van der Waals surface area (Å²) >= 11 is 0. The second kappa shape index (κ2) is 3.61. The molecule has 0 unspecified atom stereocenters. The topological polar surface area (TPSA) is 45.8 Å². The fourth-order valence-corrected chi connectivity index (χ4v) is 1.27. The Hall–Kier alpha value is -2.04. The number of hydrogen-bond donors (Lipinski definition) is 1. The van der Waals surface area contributed by atoms with Gasteiger partial charge in [-0.25, -0.2) is 8.78 Å². The van der Waals surface area contributed by atoms with Gasteiger partial charge in [-0.2, -0.15) is 5.10 Å². The van der Waals surface area contributed by atoms with Gasteiger partial charge < -0.3 is 0 Å². The average Bonchev–Trinajstić information content (AvgIpc) is 2.70. The van der Waals surface area contributed by atoms with Crippen molar-refractivity contribution < 1.29 is 13.6 Å². The molecule has 1 aromatic carbocycles. The molecule has 0 radical (unpaired) electrons. The van der Waals surface area contributed by atoms with Gasteiger partial charge in [0.1, 0.15) is 0 Å². The minimum atomic E-state index is -0.959. The molecule has 2 rings (SSSR count). The van der Waals surface area contributed by atoms with Gasteiger partial charge >= 0.3 is 0 Å². The molecule has 5 heteroatoms. The molecule has 15 heavy (non-hydrogen) atoms. The van der Waals surface area contributed by atoms with Gasteiger partial charge in [0.2, 0.25) is 0 Å². The summed E-state index contributed by atoms with van der Waals surface area (Å²) in [6.45, 7) is 0. The van der Waals surface area contributed by atoms with Crippen LogP contribution in [0.5, 0.6) is 0 Å². The number of hydrogen-bond acceptors (Lipinski definition) is 2. The van der Waals surface area contributed by atoms with E-state index in [0.29, 0.717) is 23.1 Å². The van der Waals surface area contributed by atoms with Gasteiger partial charge in [0.05, 0.1) is 17.5 Å². The second-order valence-electron chi connectivity index (χ2n) is 2.95. The normalized spacial score (nSPS) is 10.3. The molecule has 1 heterocycles. The average molecular weight is 208 g/mol. The molecule has 0 aliphatic carbocycles. The van der Waals surface area contributed by atoms with Crippen molar-refractivity contribution in [3.8, 4) is 11.3 Å². The summed E-state index contributed by atoms with van der Waals surface area (Å²) in [5.41, 5.74) is 1.07. The fraction of sp³-hybridized carbons (Fsp3) is 0. The quantitative estimate of drug-likeness (QED) is 0.768. The van der Waals surface area contributed by atoms with E-state index in [9.17, 15) is 13.6 Å². The third kappa shape index (κ3) is 1.63. The van der Waals surface area contributed by atoms with E-state index in [2.05, 4.69) is 10.2 Å². The van der Waals surface area contributed by atoms with Crippen LogP contribution in [0, 0.1) is 11.6 Å². The molecule has 0 spiro atoms. The Bertz CT molecular complexity index is 508. The predicted molar refractivity (Wildman–Crippen MR) is 49.3 cm³/mol. The zero-order valence-corrected chi connectivity index (χ0v) is 7.50. The number of nitrogens with one attached hydrogen (secondary N) is 1. The molecule has 0 atom stereocenters. The fourth-order valence-electron chi connectivity index (χ4n) is 1.27. The first-order valence-electron chi connectivity index (χ1n) is 4.16. The summed E-state index contributed by atoms with van der Waals surface area (Å²) in [5.74, 6) is -1.88. The van der Waals surface area contributed by atoms with Gasteiger partial charge in [-0.15, -0.1) is 0 Å². The monoisotopic (exact) mass is 208 g/mol. The Morgan fingerprint density at radius 1 is 1.27 bits per heavy atom. The molecule has 0 aliphatic rings. The molecule has 0 bridgehead atoms. The van der Waals surface area contributed by atoms with Crippen LogP contribution in [-0.4, -0.2) is 16.5 Å². The number of H-pyrrole nitrogens is 1. The Morgan fingerprint density at radius 3 is 2.73 bits per heavy atom. The van der Waals surface area contributed by atoms with Crippen molar-refractivity contribution >= 4 is 6.29 Å². The van der Waals surface area contributed by atoms with Crippen LogP contribution in [0.25, 0.3) is 11.3 Å². The van der Waals surface area contributed by atoms with Crippen molar-refractivity contribution in [1.82, 2.24) is 10.2 Å². The van der Waals surface area contributed by atoms with Crippen molar-refractivity contribution in [2.75, 3.05) is 0 Å². The van der Waals surface area contributed by atoms with E-state index in [0.717, 1.165) is 12.1 Å². The molecule has 0 saturated carbocycles. The summed E-state index contributed by atoms with van der Waals surface area (Å²) < 4.78 is 25.6. The van der Waals surface area contributed by atoms with Gasteiger partial charge in [-0.1, -0.05) is 0 Å². The maximum Gasteiger partial charge on any atom is 0.159 e. The predicted octanol–water partition coefficient (Wildman–Crippen LogP) is 2.17. The molecule has 0 saturated heterocycles. The summed E-state index contributed by atoms with van der Waals surface area (Å²) in [5, 5.41) is 6.20. The number of aromatic nitrogens is 2. The minimum absolute atomic E-state index is 0.306. The van der Waals surface area contributed by atoms with Crippen molar-refractivity contribution in [2.45, 2.75) is 0 Å². The first-order valence-corrected chi connectivity index (χ1v) is 4.16. The molecule has 0 aliphatic heterocycles. The molecule has 2 aromatic rings. The Labute approximate surface area is 83.7 Å². The number of carbonyl (C=O) groups excluding carboxylic acids is 1. The zero-order chi connectivity index (χ0) is 10.8. The van der Waals surface area contributed by atoms with Crippen LogP contribution in [0.1, 0.15) is 10.4 Å². The molecule has 0 amide bonds. The minimum Gasteiger partial charge on any atom is -0.298 e. The highest BCUT2D eigenvalue weighted by Crippen LogP contribution is 2.21. The lowest BCUT2D eigenvalue weighted by Gasteiger charge is -1.99. The van der Waals surface area contributed by atoms with Crippen molar-refractivity contribution in [3.63, 3.8) is 0 Å². The number of aldehydes is 1. The number of benzene rings is 1. The van der Waals surface area contributed by atoms with Gasteiger partial charge in [-0.3, -0.25) is 9.89 Å². The number of halogens is 2. The number of rotatable bonds is 2. The first-order chi connectivity index (χ1) is 7.22. The number of aromatic amines is 1. The van der Waals surface area contributed by atoms with Crippen LogP contribution in [0.3, 0.4) is 0 Å². The van der Waals surface area contributed by atoms with Crippen LogP contribution in [0.2, 0.25) is 0 Å². The summed E-state index contributed by atoms with van der Waals surface area (Å²) in [6, 6.07) is 3.38. The summed E-state index contributed by atoms with van der Waals surface area (Å²) in [7, 11) is 0. The third-order valence-electron chi connectivity index (χ3n) is 2.00. The molecule has 1 N–H and O–H groups in total. The second-order valence-corrected chi connectivity index (χ2v) is 2.95. The molecule has 1 aromatic heterocycles. The molecule has 0 fully saturated rings. The van der Waals surface area contributed by atoms with E-state index < -0.39 is 11.6 Å². The van der Waals surface area contributed by atoms with Gasteiger partial charge in [-0.05, 0) is 18.2 Å². The van der Waals surface area contributed by atoms with Crippen LogP contribution >= 0.6 is 0 Å². The van der Waals surface area contributed by atoms with Gasteiger partial charge in [0.25, 0.3) is 0 Å². The molecular formula is C10H6F2N2O. The summed E-state index contributed by atoms with van der Waals surface area (Å²) in [4.78, 5) is 10.6. The highest BCUT2D eigenvalue weighted by molar-refractivity contribution is 5.85. The maximum absolute atomic E-state index is 12.9. The van der Waals surface area contributed by atoms with E-state index in [1.165, 1.54) is 12.3 Å². The van der Waals surface area contributed by atoms with Crippen LogP contribution in [-0.2, 0) is 0 Å². The van der Waals surface area contributed by atoms with E-state index in [1.807, 2.05) is 0 Å². The standard InChI is InChI=1S/C10H6F2N2O/c11-8-2-1-6(3-9(8)12)10-7(5-15)4-13-14-10/h1-5H,(H,13,14). The highest BCUT2D eigenvalue weighted by Gasteiger charge is 2.09. The highest BCUT2D eigenvalue weighted by atomic mass is 19.2. The Kier molecular flexibility index (Phi) is 2.29. The van der Waals surface area contributed by atoms with Crippen LogP contribution < -0.4 is 0 Å². The van der Waals surface area contributed by atoms with Crippen LogP contribution in [0.15, 0.2) is 24.4 Å². The smallest absolute Gasteiger partial charge is 0.159 e. The van der Waals surface area contributed by atoms with Crippen molar-refractivity contribution in [3.05, 3.63) is 41.6 Å². The molecule has 3 nitrogen and oxygen atoms in total. The maximum atomic E-state index is 12.9. The first kappa shape index (κ1) is 9.51. The summed E-state index contributed by atoms with van der Waals surface area (Å²) in [6.07, 6.45) is 1.92. The third-order valence-corrected chi connectivity index (χ3v) is 2.00. The lowest BCUT2D eigenvalue weighted by molar-refractivity contribution is 0.112. The van der Waals surface area contributed by atoms with Crippen molar-refractivity contribution in [2.24, 2.45) is 0 Å². The van der Waals surface area contributed by atoms with E-state index in [-0.39, 0.29) is 0 Å². The lowest BCUT2D eigenvalue weighted by atomic mass is 10.1. The van der Waals surface area contributed by atoms with Gasteiger partial charge in [0, 0.05) is 5.56 Å². The molecule has 76 valence electrons. The van der Waals surface area contributed by atoms with Gasteiger partial charge in [0.15, 0.2) is 17.9 Å². The van der Waals surface area contributed by atoms with Crippen molar-refractivity contribution in [1.29, 1.82) is 0 Å². The number of nitrogens with zero attached hydrogens (tertiary/aromatic N) is 1. The Morgan fingerprint density at radius 2 is 2.07 bits per heavy atom. The largest absolute Gasteiger partial charge is 0.298 e. The number of carbonyl (C=O) groups is 1. The van der Waals surface area contributed by atoms with Crippen LogP contribution in [0.4, 0.5) is 8.78 Å². The molecular weight excluding hydrogens is 202 g/mol. The SMILES string of the molecule is O=Cc1cn[nH]c1-c1ccc(F)c(F)c1. The lowest BCUT2D eigenvalue weighted by Crippen LogP contribution is -1.88. The van der Waals surface area contributed by atoms with E-state index in [4.69, 9.17) is 0 Å². The van der Waals surface area contributed by atoms with E-state index >= 15 is 0 Å². The van der Waals surface area contributed by atoms with E-state index in [1.54, 1.807) is 0 Å². The zero-order valence-electron chi connectivity index (χ0n) is 7.50. The Balaban J connectivity index is 2.54.